The summed E-state index contributed by atoms with van der Waals surface area (Å²) in [7, 11) is 1.26. The minimum atomic E-state index is -0.638. The first-order valence-electron chi connectivity index (χ1n) is 8.48. The fourth-order valence-electron chi connectivity index (χ4n) is 3.03. The van der Waals surface area contributed by atoms with E-state index in [-0.39, 0.29) is 11.4 Å². The summed E-state index contributed by atoms with van der Waals surface area (Å²) < 4.78 is 4.78. The van der Waals surface area contributed by atoms with Crippen molar-refractivity contribution in [3.05, 3.63) is 70.0 Å². The van der Waals surface area contributed by atoms with Crippen LogP contribution in [0.5, 0.6) is 0 Å². The third-order valence-electron chi connectivity index (χ3n) is 4.29. The van der Waals surface area contributed by atoms with E-state index in [1.807, 2.05) is 24.3 Å². The molecule has 0 radical (unpaired) electrons. The van der Waals surface area contributed by atoms with Gasteiger partial charge in [-0.15, -0.1) is 0 Å². The summed E-state index contributed by atoms with van der Waals surface area (Å²) in [5.74, 6) is -1.19. The van der Waals surface area contributed by atoms with Gasteiger partial charge in [-0.25, -0.2) is 9.78 Å². The van der Waals surface area contributed by atoms with Crippen LogP contribution in [0.1, 0.15) is 21.0 Å². The number of pyridine rings is 1. The first-order valence-corrected chi connectivity index (χ1v) is 9.24. The van der Waals surface area contributed by atoms with Crippen LogP contribution in [-0.2, 0) is 4.74 Å². The van der Waals surface area contributed by atoms with Gasteiger partial charge in [-0.2, -0.15) is 0 Å². The Kier molecular flexibility index (Phi) is 5.00. The summed E-state index contributed by atoms with van der Waals surface area (Å²) in [5, 5.41) is 2.38. The maximum absolute atomic E-state index is 12.9. The number of esters is 1. The van der Waals surface area contributed by atoms with Crippen LogP contribution in [0.3, 0.4) is 0 Å². The van der Waals surface area contributed by atoms with Crippen molar-refractivity contribution < 1.29 is 14.3 Å². The maximum Gasteiger partial charge on any atom is 0.356 e. The van der Waals surface area contributed by atoms with E-state index in [9.17, 15) is 9.59 Å². The number of hydrogen-bond acceptors (Lipinski definition) is 5. The highest BCUT2D eigenvalue weighted by Crippen LogP contribution is 2.28. The van der Waals surface area contributed by atoms with Gasteiger partial charge in [0.05, 0.1) is 18.3 Å². The van der Waals surface area contributed by atoms with Gasteiger partial charge in [-0.3, -0.25) is 15.6 Å². The van der Waals surface area contributed by atoms with Gasteiger partial charge in [0.1, 0.15) is 5.69 Å². The molecule has 4 rings (SSSR count). The van der Waals surface area contributed by atoms with E-state index in [1.165, 1.54) is 7.11 Å². The van der Waals surface area contributed by atoms with E-state index in [0.29, 0.717) is 26.6 Å². The van der Waals surface area contributed by atoms with Crippen LogP contribution < -0.4 is 10.9 Å². The number of anilines is 1. The Balaban J connectivity index is 1.76. The predicted molar refractivity (Wildman–Crippen MR) is 112 cm³/mol. The van der Waals surface area contributed by atoms with E-state index in [2.05, 4.69) is 20.8 Å². The van der Waals surface area contributed by atoms with Gasteiger partial charge < -0.3 is 9.72 Å². The minimum absolute atomic E-state index is 0.0284. The normalized spacial score (nSPS) is 10.9. The van der Waals surface area contributed by atoms with Crippen molar-refractivity contribution in [2.45, 2.75) is 0 Å². The molecule has 2 aromatic carbocycles. The number of methoxy groups -OCH3 is 1. The number of carbonyl (C=O) groups excluding carboxylic acids is 2. The molecule has 0 aliphatic rings. The molecular weight excluding hydrogens is 415 g/mol. The number of hydrazine groups is 1. The zero-order chi connectivity index (χ0) is 20.5. The Morgan fingerprint density at radius 3 is 2.48 bits per heavy atom. The van der Waals surface area contributed by atoms with Crippen molar-refractivity contribution in [1.82, 2.24) is 15.4 Å². The Morgan fingerprint density at radius 2 is 1.76 bits per heavy atom. The van der Waals surface area contributed by atoms with E-state index in [4.69, 9.17) is 27.9 Å². The lowest BCUT2D eigenvalue weighted by Crippen LogP contribution is -2.30. The third-order valence-corrected chi connectivity index (χ3v) is 4.73. The number of halogens is 2. The van der Waals surface area contributed by atoms with E-state index in [1.54, 1.807) is 24.3 Å². The average molecular weight is 429 g/mol. The van der Waals surface area contributed by atoms with Crippen LogP contribution in [0.2, 0.25) is 10.0 Å². The number of aromatic nitrogens is 2. The number of aromatic amines is 1. The highest BCUT2D eigenvalue weighted by molar-refractivity contribution is 6.35. The van der Waals surface area contributed by atoms with Gasteiger partial charge in [0.2, 0.25) is 0 Å². The second-order valence-corrected chi connectivity index (χ2v) is 7.05. The number of carbonyl (C=O) groups is 2. The molecule has 9 heteroatoms. The largest absolute Gasteiger partial charge is 0.464 e. The van der Waals surface area contributed by atoms with Crippen LogP contribution in [0.4, 0.5) is 5.69 Å². The summed E-state index contributed by atoms with van der Waals surface area (Å²) in [6.45, 7) is 0. The molecule has 0 bridgehead atoms. The number of amides is 1. The van der Waals surface area contributed by atoms with Crippen LogP contribution in [0, 0.1) is 0 Å². The van der Waals surface area contributed by atoms with E-state index in [0.717, 1.165) is 10.9 Å². The van der Waals surface area contributed by atoms with Gasteiger partial charge >= 0.3 is 5.97 Å². The summed E-state index contributed by atoms with van der Waals surface area (Å²) in [5.41, 5.74) is 7.18. The lowest BCUT2D eigenvalue weighted by Gasteiger charge is -2.10. The number of rotatable bonds is 4. The molecule has 1 amide bonds. The Morgan fingerprint density at radius 1 is 1.03 bits per heavy atom. The van der Waals surface area contributed by atoms with Gasteiger partial charge in [-0.05, 0) is 30.3 Å². The van der Waals surface area contributed by atoms with Crippen molar-refractivity contribution in [3.63, 3.8) is 0 Å². The molecule has 2 aromatic heterocycles. The van der Waals surface area contributed by atoms with Crippen molar-refractivity contribution in [2.24, 2.45) is 0 Å². The Hall–Kier alpha value is -3.29. The summed E-state index contributed by atoms with van der Waals surface area (Å²) in [4.78, 5) is 32.3. The fourth-order valence-corrected chi connectivity index (χ4v) is 3.56. The zero-order valence-electron chi connectivity index (χ0n) is 15.0. The summed E-state index contributed by atoms with van der Waals surface area (Å²) >= 11 is 11.9. The first kappa shape index (κ1) is 19.0. The molecule has 146 valence electrons. The van der Waals surface area contributed by atoms with Gasteiger partial charge in [0, 0.05) is 26.3 Å². The molecule has 4 aromatic rings. The molecule has 0 aliphatic carbocycles. The predicted octanol–water partition coefficient (Wildman–Crippen LogP) is 4.57. The van der Waals surface area contributed by atoms with Crippen molar-refractivity contribution >= 4 is 62.6 Å². The van der Waals surface area contributed by atoms with Crippen LogP contribution in [-0.4, -0.2) is 29.0 Å². The molecule has 29 heavy (non-hydrogen) atoms. The number of para-hydroxylation sites is 1. The zero-order valence-corrected chi connectivity index (χ0v) is 16.6. The third kappa shape index (κ3) is 3.70. The SMILES string of the molecule is COC(=O)c1cc2c([nH]c3ccccc32)c(C(=O)NNc2cc(Cl)cc(Cl)c2)n1. The molecule has 0 spiro atoms. The number of nitrogens with one attached hydrogen (secondary N) is 3. The lowest BCUT2D eigenvalue weighted by atomic mass is 10.1. The molecule has 0 atom stereocenters. The van der Waals surface area contributed by atoms with Crippen molar-refractivity contribution in [1.29, 1.82) is 0 Å². The number of nitrogens with zero attached hydrogens (tertiary/aromatic N) is 1. The molecule has 0 aliphatic heterocycles. The van der Waals surface area contributed by atoms with Gasteiger partial charge in [0.15, 0.2) is 5.69 Å². The topological polar surface area (TPSA) is 96.1 Å². The van der Waals surface area contributed by atoms with Crippen molar-refractivity contribution in [2.75, 3.05) is 12.5 Å². The van der Waals surface area contributed by atoms with Gasteiger partial charge in [-0.1, -0.05) is 41.4 Å². The average Bonchev–Trinajstić information content (AvgIpc) is 3.08. The quantitative estimate of drug-likeness (QED) is 0.326. The molecule has 0 unspecified atom stereocenters. The molecule has 0 saturated carbocycles. The van der Waals surface area contributed by atoms with Gasteiger partial charge in [0.25, 0.3) is 5.91 Å². The van der Waals surface area contributed by atoms with Crippen LogP contribution >= 0.6 is 23.2 Å². The molecule has 0 saturated heterocycles. The number of H-pyrrole nitrogens is 1. The standard InChI is InChI=1S/C20H14Cl2N4O3/c1-29-20(28)16-9-14-13-4-2-3-5-15(13)23-17(14)18(24-16)19(27)26-25-12-7-10(21)6-11(22)8-12/h2-9,23,25H,1H3,(H,26,27). The molecule has 0 fully saturated rings. The number of hydrogen-bond donors (Lipinski definition) is 3. The summed E-state index contributed by atoms with van der Waals surface area (Å²) in [6, 6.07) is 13.9. The number of fused-ring (bicyclic) bond motifs is 3. The molecule has 2 heterocycles. The molecule has 7 nitrogen and oxygen atoms in total. The van der Waals surface area contributed by atoms with Crippen LogP contribution in [0.25, 0.3) is 21.8 Å². The second-order valence-electron chi connectivity index (χ2n) is 6.18. The smallest absolute Gasteiger partial charge is 0.356 e. The minimum Gasteiger partial charge on any atom is -0.464 e. The van der Waals surface area contributed by atoms with Crippen LogP contribution in [0.15, 0.2) is 48.5 Å². The van der Waals surface area contributed by atoms with E-state index >= 15 is 0 Å². The number of ether oxygens (including phenoxy) is 1. The van der Waals surface area contributed by atoms with E-state index < -0.39 is 11.9 Å². The summed E-state index contributed by atoms with van der Waals surface area (Å²) in [6.07, 6.45) is 0. The highest BCUT2D eigenvalue weighted by atomic mass is 35.5. The maximum atomic E-state index is 12.9. The monoisotopic (exact) mass is 428 g/mol. The second kappa shape index (κ2) is 7.62. The first-order chi connectivity index (χ1) is 14.0. The van der Waals surface area contributed by atoms with Crippen molar-refractivity contribution in [3.8, 4) is 0 Å². The molecule has 3 N–H and O–H groups in total. The highest BCUT2D eigenvalue weighted by Gasteiger charge is 2.20. The Labute approximate surface area is 174 Å². The fraction of sp³-hybridized carbons (Fsp3) is 0.0500. The molecular formula is C20H14Cl2N4O3. The lowest BCUT2D eigenvalue weighted by molar-refractivity contribution is 0.0594. The Bertz CT molecular complexity index is 1250. The number of benzene rings is 2.